The molecule has 2 heterocycles. The van der Waals surface area contributed by atoms with Gasteiger partial charge in [-0.3, -0.25) is 14.6 Å². The molecule has 144 valence electrons. The van der Waals surface area contributed by atoms with E-state index < -0.39 is 30.9 Å². The molecule has 0 bridgehead atoms. The van der Waals surface area contributed by atoms with Crippen molar-refractivity contribution in [2.45, 2.75) is 37.8 Å². The molecule has 0 unspecified atom stereocenters. The highest BCUT2D eigenvalue weighted by Crippen LogP contribution is 2.23. The summed E-state index contributed by atoms with van der Waals surface area (Å²) in [5.41, 5.74) is 0.358. The highest BCUT2D eigenvalue weighted by molar-refractivity contribution is 5.84. The predicted molar refractivity (Wildman–Crippen MR) is 84.2 cm³/mol. The Morgan fingerprint density at radius 1 is 1.35 bits per heavy atom. The first-order valence-corrected chi connectivity index (χ1v) is 7.94. The number of nitrogens with one attached hydrogen (secondary N) is 1. The van der Waals surface area contributed by atoms with E-state index >= 15 is 0 Å². The third-order valence-corrected chi connectivity index (χ3v) is 3.74. The van der Waals surface area contributed by atoms with Gasteiger partial charge in [0.1, 0.15) is 18.0 Å². The molecule has 1 aliphatic rings. The molecule has 2 atom stereocenters. The van der Waals surface area contributed by atoms with E-state index in [4.69, 9.17) is 9.47 Å². The normalized spacial score (nSPS) is 19.9. The second-order valence-electron chi connectivity index (χ2n) is 6.03. The minimum Gasteiger partial charge on any atom is -0.482 e. The van der Waals surface area contributed by atoms with E-state index in [1.165, 1.54) is 17.2 Å². The van der Waals surface area contributed by atoms with Crippen LogP contribution in [-0.4, -0.2) is 60.8 Å². The summed E-state index contributed by atoms with van der Waals surface area (Å²) in [6.45, 7) is -1.49. The number of hydrogen-bond acceptors (Lipinski definition) is 5. The Labute approximate surface area is 148 Å². The van der Waals surface area contributed by atoms with Gasteiger partial charge in [-0.25, -0.2) is 0 Å². The Bertz CT molecular complexity index is 652. The van der Waals surface area contributed by atoms with Crippen LogP contribution in [0, 0.1) is 0 Å². The number of hydrogen-bond donors (Lipinski definition) is 1. The standard InChI is InChI=1S/C16H20F3N3O4/c1-22(2)15(24)12-4-3-11(26-12)14(23)21-7-10-5-6-20-8-13(10)25-9-16(17,18)19/h5-6,8,11-12H,3-4,7,9H2,1-2H3,(H,21,23)/t11-,12+/m0/s1. The molecule has 1 aromatic rings. The lowest BCUT2D eigenvalue weighted by molar-refractivity contribution is -0.153. The highest BCUT2D eigenvalue weighted by atomic mass is 19.4. The molecule has 0 saturated carbocycles. The zero-order valence-corrected chi connectivity index (χ0v) is 14.4. The van der Waals surface area contributed by atoms with Gasteiger partial charge in [0.15, 0.2) is 6.61 Å². The lowest BCUT2D eigenvalue weighted by Crippen LogP contribution is -2.38. The van der Waals surface area contributed by atoms with Crippen molar-refractivity contribution < 1.29 is 32.2 Å². The van der Waals surface area contributed by atoms with Crippen molar-refractivity contribution in [3.8, 4) is 5.75 Å². The third kappa shape index (κ3) is 5.58. The van der Waals surface area contributed by atoms with Gasteiger partial charge in [-0.05, 0) is 18.9 Å². The SMILES string of the molecule is CN(C)C(=O)[C@H]1CC[C@@H](C(=O)NCc2ccncc2OCC(F)(F)F)O1. The van der Waals surface area contributed by atoms with E-state index in [0.29, 0.717) is 18.4 Å². The van der Waals surface area contributed by atoms with E-state index in [1.807, 2.05) is 0 Å². The molecule has 0 radical (unpaired) electrons. The van der Waals surface area contributed by atoms with Gasteiger partial charge in [0.2, 0.25) is 5.91 Å². The van der Waals surface area contributed by atoms with Gasteiger partial charge in [0, 0.05) is 32.4 Å². The maximum absolute atomic E-state index is 12.3. The molecule has 1 fully saturated rings. The minimum atomic E-state index is -4.47. The van der Waals surface area contributed by atoms with Crippen LogP contribution in [0.15, 0.2) is 18.5 Å². The Hall–Kier alpha value is -2.36. The topological polar surface area (TPSA) is 80.8 Å². The molecule has 7 nitrogen and oxygen atoms in total. The second kappa shape index (κ2) is 8.35. The summed E-state index contributed by atoms with van der Waals surface area (Å²) in [4.78, 5) is 29.2. The molecule has 1 aromatic heterocycles. The molecule has 1 saturated heterocycles. The van der Waals surface area contributed by atoms with Crippen LogP contribution < -0.4 is 10.1 Å². The zero-order valence-electron chi connectivity index (χ0n) is 14.4. The number of aromatic nitrogens is 1. The Balaban J connectivity index is 1.89. The fraction of sp³-hybridized carbons (Fsp3) is 0.562. The molecular weight excluding hydrogens is 355 g/mol. The lowest BCUT2D eigenvalue weighted by Gasteiger charge is -2.17. The first-order chi connectivity index (χ1) is 12.2. The summed E-state index contributed by atoms with van der Waals surface area (Å²) >= 11 is 0. The maximum atomic E-state index is 12.3. The van der Waals surface area contributed by atoms with Crippen molar-refractivity contribution in [1.29, 1.82) is 0 Å². The van der Waals surface area contributed by atoms with Crippen LogP contribution in [0.4, 0.5) is 13.2 Å². The second-order valence-corrected chi connectivity index (χ2v) is 6.03. The largest absolute Gasteiger partial charge is 0.482 e. The van der Waals surface area contributed by atoms with Gasteiger partial charge >= 0.3 is 6.18 Å². The number of nitrogens with zero attached hydrogens (tertiary/aromatic N) is 2. The van der Waals surface area contributed by atoms with Crippen LogP contribution in [0.25, 0.3) is 0 Å². The summed E-state index contributed by atoms with van der Waals surface area (Å²) < 4.78 is 47.0. The Kier molecular flexibility index (Phi) is 6.41. The fourth-order valence-corrected chi connectivity index (χ4v) is 2.44. The molecule has 2 amide bonds. The summed E-state index contributed by atoms with van der Waals surface area (Å²) in [6.07, 6.45) is -2.53. The van der Waals surface area contributed by atoms with Crippen molar-refractivity contribution in [2.75, 3.05) is 20.7 Å². The van der Waals surface area contributed by atoms with Crippen molar-refractivity contribution in [3.63, 3.8) is 0 Å². The van der Waals surface area contributed by atoms with Gasteiger partial charge in [-0.15, -0.1) is 0 Å². The van der Waals surface area contributed by atoms with Crippen molar-refractivity contribution >= 4 is 11.8 Å². The molecule has 0 aromatic carbocycles. The van der Waals surface area contributed by atoms with Crippen molar-refractivity contribution in [1.82, 2.24) is 15.2 Å². The zero-order chi connectivity index (χ0) is 19.3. The van der Waals surface area contributed by atoms with Crippen LogP contribution in [0.5, 0.6) is 5.75 Å². The number of carbonyl (C=O) groups excluding carboxylic acids is 2. The van der Waals surface area contributed by atoms with Crippen molar-refractivity contribution in [2.24, 2.45) is 0 Å². The van der Waals surface area contributed by atoms with E-state index in [1.54, 1.807) is 14.1 Å². The number of halogens is 3. The summed E-state index contributed by atoms with van der Waals surface area (Å²) in [5, 5.41) is 2.59. The van der Waals surface area contributed by atoms with Crippen LogP contribution in [0.3, 0.4) is 0 Å². The Morgan fingerprint density at radius 2 is 2.04 bits per heavy atom. The number of likely N-dealkylation sites (N-methyl/N-ethyl adjacent to an activating group) is 1. The van der Waals surface area contributed by atoms with Gasteiger partial charge in [-0.1, -0.05) is 0 Å². The van der Waals surface area contributed by atoms with Gasteiger partial charge in [0.05, 0.1) is 6.20 Å². The summed E-state index contributed by atoms with van der Waals surface area (Å²) in [5.74, 6) is -0.701. The number of amides is 2. The average molecular weight is 375 g/mol. The molecule has 26 heavy (non-hydrogen) atoms. The van der Waals surface area contributed by atoms with Gasteiger partial charge in [-0.2, -0.15) is 13.2 Å². The fourth-order valence-electron chi connectivity index (χ4n) is 2.44. The number of ether oxygens (including phenoxy) is 2. The number of pyridine rings is 1. The van der Waals surface area contributed by atoms with Crippen LogP contribution in [-0.2, 0) is 20.9 Å². The van der Waals surface area contributed by atoms with Gasteiger partial charge < -0.3 is 19.7 Å². The minimum absolute atomic E-state index is 0.0410. The monoisotopic (exact) mass is 375 g/mol. The van der Waals surface area contributed by atoms with E-state index in [-0.39, 0.29) is 18.2 Å². The molecule has 0 aliphatic carbocycles. The van der Waals surface area contributed by atoms with Crippen LogP contribution in [0.2, 0.25) is 0 Å². The summed E-state index contributed by atoms with van der Waals surface area (Å²) in [7, 11) is 3.20. The first-order valence-electron chi connectivity index (χ1n) is 7.94. The smallest absolute Gasteiger partial charge is 0.422 e. The van der Waals surface area contributed by atoms with Gasteiger partial charge in [0.25, 0.3) is 5.91 Å². The number of alkyl halides is 3. The van der Waals surface area contributed by atoms with Crippen molar-refractivity contribution in [3.05, 3.63) is 24.0 Å². The van der Waals surface area contributed by atoms with Crippen LogP contribution >= 0.6 is 0 Å². The quantitative estimate of drug-likeness (QED) is 0.810. The average Bonchev–Trinajstić information content (AvgIpc) is 3.07. The molecule has 10 heteroatoms. The van der Waals surface area contributed by atoms with E-state index in [0.717, 1.165) is 6.20 Å². The van der Waals surface area contributed by atoms with E-state index in [9.17, 15) is 22.8 Å². The molecule has 1 N–H and O–H groups in total. The maximum Gasteiger partial charge on any atom is 0.422 e. The molecule has 2 rings (SSSR count). The third-order valence-electron chi connectivity index (χ3n) is 3.74. The van der Waals surface area contributed by atoms with E-state index in [2.05, 4.69) is 10.3 Å². The molecule has 1 aliphatic heterocycles. The highest BCUT2D eigenvalue weighted by Gasteiger charge is 2.35. The first kappa shape index (κ1) is 20.0. The predicted octanol–water partition coefficient (Wildman–Crippen LogP) is 1.27. The number of rotatable bonds is 6. The molecule has 0 spiro atoms. The molecular formula is C16H20F3N3O4. The Morgan fingerprint density at radius 3 is 2.69 bits per heavy atom. The lowest BCUT2D eigenvalue weighted by atomic mass is 10.1. The summed E-state index contributed by atoms with van der Waals surface area (Å²) in [6, 6.07) is 1.46. The van der Waals surface area contributed by atoms with Crippen LogP contribution in [0.1, 0.15) is 18.4 Å². The number of carbonyl (C=O) groups is 2.